The number of hydrogen-bond donors (Lipinski definition) is 1. The Morgan fingerprint density at radius 2 is 2.07 bits per heavy atom. The number of fused-ring (bicyclic) bond motifs is 1. The Morgan fingerprint density at radius 3 is 2.69 bits per heavy atom. The third kappa shape index (κ3) is 5.54. The molecule has 1 unspecified atom stereocenters. The van der Waals surface area contributed by atoms with Crippen LogP contribution in [-0.2, 0) is 23.9 Å². The molecule has 3 rings (SSSR count). The number of amides is 2. The van der Waals surface area contributed by atoms with Gasteiger partial charge in [0, 0.05) is 35.5 Å². The van der Waals surface area contributed by atoms with Crippen LogP contribution in [0.5, 0.6) is 0 Å². The molecule has 2 aliphatic heterocycles. The number of aliphatic carboxylic acids is 1. The molecule has 1 saturated heterocycles. The largest absolute Gasteiger partial charge is 1.00 e. The molecule has 148 valence electrons. The van der Waals surface area contributed by atoms with Crippen LogP contribution in [0, 0.1) is 0 Å². The maximum Gasteiger partial charge on any atom is 1.00 e. The fourth-order valence-corrected chi connectivity index (χ4v) is 4.79. The number of pyridine rings is 1. The molecule has 1 N–H and O–H groups in total. The molecule has 1 fully saturated rings. The third-order valence-electron chi connectivity index (χ3n) is 4.03. The van der Waals surface area contributed by atoms with Gasteiger partial charge in [0.15, 0.2) is 0 Å². The molecule has 1 aromatic heterocycles. The van der Waals surface area contributed by atoms with E-state index in [1.54, 1.807) is 24.5 Å². The number of carbonyl (C=O) groups is 4. The topological polar surface area (TPSA) is 129 Å². The molecule has 29 heavy (non-hydrogen) atoms. The molecule has 1 aromatic rings. The molecule has 0 aromatic carbocycles. The molecule has 0 saturated carbocycles. The summed E-state index contributed by atoms with van der Waals surface area (Å²) in [6.07, 6.45) is 3.24. The van der Waals surface area contributed by atoms with Crippen LogP contribution in [0.15, 0.2) is 40.7 Å². The summed E-state index contributed by atoms with van der Waals surface area (Å²) in [6.45, 7) is 0.990. The third-order valence-corrected chi connectivity index (χ3v) is 6.38. The average Bonchev–Trinajstić information content (AvgIpc) is 2.68. The second-order valence-corrected chi connectivity index (χ2v) is 8.10. The van der Waals surface area contributed by atoms with Crippen molar-refractivity contribution in [3.05, 3.63) is 35.8 Å². The first-order valence-electron chi connectivity index (χ1n) is 8.22. The van der Waals surface area contributed by atoms with Crippen LogP contribution in [-0.4, -0.2) is 63.2 Å². The Bertz CT molecular complexity index is 851. The Balaban J connectivity index is 0.00000300. The summed E-state index contributed by atoms with van der Waals surface area (Å²) in [5.41, 5.74) is 0.00878. The maximum absolute atomic E-state index is 12.5. The number of carbonyl (C=O) groups excluding carboxylic acids is 4. The number of ether oxygens (including phenoxy) is 1. The predicted molar refractivity (Wildman–Crippen MR) is 98.6 cm³/mol. The van der Waals surface area contributed by atoms with E-state index in [-0.39, 0.29) is 59.3 Å². The number of nitrogens with zero attached hydrogens (tertiary/aromatic N) is 2. The van der Waals surface area contributed by atoms with Gasteiger partial charge < -0.3 is 20.0 Å². The monoisotopic (exact) mass is 445 g/mol. The first-order valence-corrected chi connectivity index (χ1v) is 10.3. The Labute approximate surface area is 197 Å². The predicted octanol–water partition coefficient (Wildman–Crippen LogP) is -3.86. The molecule has 0 radical (unpaired) electrons. The van der Waals surface area contributed by atoms with Crippen LogP contribution in [0.2, 0.25) is 0 Å². The van der Waals surface area contributed by atoms with E-state index in [0.29, 0.717) is 5.57 Å². The molecule has 2 aliphatic rings. The van der Waals surface area contributed by atoms with Gasteiger partial charge in [0.2, 0.25) is 5.91 Å². The van der Waals surface area contributed by atoms with E-state index < -0.39 is 29.3 Å². The summed E-state index contributed by atoms with van der Waals surface area (Å²) in [7, 11) is 0. The van der Waals surface area contributed by atoms with Gasteiger partial charge in [-0.3, -0.25) is 24.3 Å². The molecule has 2 amide bonds. The fourth-order valence-electron chi connectivity index (χ4n) is 2.77. The maximum atomic E-state index is 12.5. The number of thioether (sulfide) groups is 2. The van der Waals surface area contributed by atoms with Crippen molar-refractivity contribution < 1.29 is 58.6 Å². The van der Waals surface area contributed by atoms with Gasteiger partial charge in [-0.1, -0.05) is 0 Å². The van der Waals surface area contributed by atoms with E-state index in [1.165, 1.54) is 30.4 Å². The second kappa shape index (κ2) is 10.5. The molecule has 12 heteroatoms. The minimum Gasteiger partial charge on any atom is -0.543 e. The minimum absolute atomic E-state index is 0. The van der Waals surface area contributed by atoms with Crippen LogP contribution < -0.4 is 40.0 Å². The standard InChI is InChI=1S/C17H17N3O6S2.Na/c1-9(21)26-6-10-7-28-16-13(15(23)20(16)14(10)17(24)25)19-12(22)8-27-11-2-4-18-5-3-11;/h2-5,13,16H,6-8H2,1H3,(H,19,22)(H,24,25);/q;+1/p-1/t13?,16-;/m0./s1. The molecule has 2 atom stereocenters. The van der Waals surface area contributed by atoms with Crippen molar-refractivity contribution in [1.29, 1.82) is 0 Å². The number of esters is 1. The van der Waals surface area contributed by atoms with Gasteiger partial charge in [-0.25, -0.2) is 0 Å². The summed E-state index contributed by atoms with van der Waals surface area (Å²) >= 11 is 2.60. The summed E-state index contributed by atoms with van der Waals surface area (Å²) in [5, 5.41) is 13.6. The first kappa shape index (κ1) is 23.7. The smallest absolute Gasteiger partial charge is 0.543 e. The van der Waals surface area contributed by atoms with E-state index in [2.05, 4.69) is 10.3 Å². The fraction of sp³-hybridized carbons (Fsp3) is 0.353. The first-order chi connectivity index (χ1) is 13.4. The van der Waals surface area contributed by atoms with Gasteiger partial charge in [0.25, 0.3) is 5.91 Å². The quantitative estimate of drug-likeness (QED) is 0.194. The number of nitrogens with one attached hydrogen (secondary N) is 1. The SMILES string of the molecule is CC(=O)OCC1=C(C(=O)[O-])N2C(=O)C(NC(=O)CSc3ccncc3)[C@@H]2SC1.[Na+]. The van der Waals surface area contributed by atoms with Gasteiger partial charge in [-0.05, 0) is 12.1 Å². The van der Waals surface area contributed by atoms with Crippen molar-refractivity contribution in [3.8, 4) is 0 Å². The molecule has 9 nitrogen and oxygen atoms in total. The van der Waals surface area contributed by atoms with Gasteiger partial charge in [0.1, 0.15) is 18.0 Å². The summed E-state index contributed by atoms with van der Waals surface area (Å²) in [5.74, 6) is -2.55. The number of aromatic nitrogens is 1. The van der Waals surface area contributed by atoms with Crippen molar-refractivity contribution in [1.82, 2.24) is 15.2 Å². The molecular weight excluding hydrogens is 429 g/mol. The Kier molecular flexibility index (Phi) is 8.58. The minimum atomic E-state index is -1.51. The zero-order valence-electron chi connectivity index (χ0n) is 15.7. The number of hydrogen-bond acceptors (Lipinski definition) is 9. The zero-order valence-corrected chi connectivity index (χ0v) is 19.4. The second-order valence-electron chi connectivity index (χ2n) is 5.95. The zero-order chi connectivity index (χ0) is 20.3. The van der Waals surface area contributed by atoms with Crippen molar-refractivity contribution in [3.63, 3.8) is 0 Å². The van der Waals surface area contributed by atoms with Gasteiger partial charge in [-0.15, -0.1) is 23.5 Å². The number of carboxylic acids is 1. The number of β-lactam (4-membered cyclic amide) rings is 1. The molecule has 0 spiro atoms. The van der Waals surface area contributed by atoms with E-state index in [0.717, 1.165) is 9.80 Å². The van der Waals surface area contributed by atoms with Gasteiger partial charge in [0.05, 0.1) is 17.4 Å². The molecule has 0 aliphatic carbocycles. The summed E-state index contributed by atoms with van der Waals surface area (Å²) in [4.78, 5) is 53.0. The van der Waals surface area contributed by atoms with Gasteiger partial charge >= 0.3 is 35.5 Å². The average molecular weight is 445 g/mol. The molecule has 0 bridgehead atoms. The number of carboxylic acid groups (broad SMARTS) is 1. The Hall–Kier alpha value is -1.53. The Morgan fingerprint density at radius 1 is 1.38 bits per heavy atom. The van der Waals surface area contributed by atoms with Crippen molar-refractivity contribution >= 4 is 47.3 Å². The van der Waals surface area contributed by atoms with Crippen molar-refractivity contribution in [2.24, 2.45) is 0 Å². The van der Waals surface area contributed by atoms with E-state index >= 15 is 0 Å². The normalized spacial score (nSPS) is 20.2. The molecule has 3 heterocycles. The van der Waals surface area contributed by atoms with Crippen LogP contribution in [0.25, 0.3) is 0 Å². The van der Waals surface area contributed by atoms with Crippen molar-refractivity contribution in [2.75, 3.05) is 18.1 Å². The van der Waals surface area contributed by atoms with Crippen LogP contribution in [0.3, 0.4) is 0 Å². The van der Waals surface area contributed by atoms with Crippen LogP contribution >= 0.6 is 23.5 Å². The van der Waals surface area contributed by atoms with E-state index in [4.69, 9.17) is 4.74 Å². The van der Waals surface area contributed by atoms with Crippen LogP contribution in [0.1, 0.15) is 6.92 Å². The summed E-state index contributed by atoms with van der Waals surface area (Å²) in [6, 6.07) is 2.74. The van der Waals surface area contributed by atoms with Crippen molar-refractivity contribution in [2.45, 2.75) is 23.2 Å². The number of rotatable bonds is 7. The molecular formula is C17H16N3NaO6S2. The summed E-state index contributed by atoms with van der Waals surface area (Å²) < 4.78 is 4.85. The van der Waals surface area contributed by atoms with E-state index in [1.807, 2.05) is 0 Å². The van der Waals surface area contributed by atoms with Crippen LogP contribution in [0.4, 0.5) is 0 Å². The van der Waals surface area contributed by atoms with E-state index in [9.17, 15) is 24.3 Å². The van der Waals surface area contributed by atoms with Gasteiger partial charge in [-0.2, -0.15) is 0 Å².